The van der Waals surface area contributed by atoms with Crippen LogP contribution in [-0.2, 0) is 11.2 Å². The van der Waals surface area contributed by atoms with E-state index in [0.717, 1.165) is 18.4 Å². The first-order chi connectivity index (χ1) is 9.50. The van der Waals surface area contributed by atoms with Crippen LogP contribution in [0, 0.1) is 5.41 Å². The molecule has 0 unspecified atom stereocenters. The maximum absolute atomic E-state index is 12.3. The topological polar surface area (TPSA) is 55.1 Å². The third-order valence-corrected chi connectivity index (χ3v) is 4.66. The molecule has 112 valence electrons. The maximum Gasteiger partial charge on any atom is 0.227 e. The highest BCUT2D eigenvalue weighted by Gasteiger charge is 2.32. The molecular weight excluding hydrogens is 295 g/mol. The van der Waals surface area contributed by atoms with Gasteiger partial charge in [0.1, 0.15) is 0 Å². The Morgan fingerprint density at radius 1 is 1.25 bits per heavy atom. The molecular formula is C15H22Cl2N2O. The number of hydrogen-bond donors (Lipinski definition) is 2. The Hall–Kier alpha value is -0.770. The van der Waals surface area contributed by atoms with Gasteiger partial charge in [-0.3, -0.25) is 4.79 Å². The summed E-state index contributed by atoms with van der Waals surface area (Å²) in [6, 6.07) is 5.40. The SMILES string of the molecule is CCC(CC)(CN)C(=O)NCCc1c(Cl)cccc1Cl. The Kier molecular flexibility index (Phi) is 6.80. The smallest absolute Gasteiger partial charge is 0.227 e. The lowest BCUT2D eigenvalue weighted by atomic mass is 9.81. The predicted molar refractivity (Wildman–Crippen MR) is 85.2 cm³/mol. The minimum Gasteiger partial charge on any atom is -0.355 e. The summed E-state index contributed by atoms with van der Waals surface area (Å²) in [6.07, 6.45) is 2.08. The van der Waals surface area contributed by atoms with Crippen LogP contribution in [0.5, 0.6) is 0 Å². The van der Waals surface area contributed by atoms with Crippen molar-refractivity contribution in [3.8, 4) is 0 Å². The number of hydrogen-bond acceptors (Lipinski definition) is 2. The van der Waals surface area contributed by atoms with E-state index in [1.165, 1.54) is 0 Å². The van der Waals surface area contributed by atoms with E-state index in [-0.39, 0.29) is 5.91 Å². The summed E-state index contributed by atoms with van der Waals surface area (Å²) in [7, 11) is 0. The average molecular weight is 317 g/mol. The van der Waals surface area contributed by atoms with E-state index < -0.39 is 5.41 Å². The van der Waals surface area contributed by atoms with Gasteiger partial charge in [0.05, 0.1) is 5.41 Å². The van der Waals surface area contributed by atoms with Crippen molar-refractivity contribution in [1.82, 2.24) is 5.32 Å². The number of carbonyl (C=O) groups excluding carboxylic acids is 1. The zero-order chi connectivity index (χ0) is 15.2. The lowest BCUT2D eigenvalue weighted by molar-refractivity contribution is -0.131. The van der Waals surface area contributed by atoms with Gasteiger partial charge >= 0.3 is 0 Å². The molecule has 1 aromatic rings. The Balaban J connectivity index is 2.62. The molecule has 0 heterocycles. The number of amides is 1. The van der Waals surface area contributed by atoms with Crippen LogP contribution in [0.4, 0.5) is 0 Å². The molecule has 0 spiro atoms. The number of carbonyl (C=O) groups is 1. The molecule has 0 aliphatic heterocycles. The lowest BCUT2D eigenvalue weighted by Gasteiger charge is -2.28. The zero-order valence-electron chi connectivity index (χ0n) is 12.0. The van der Waals surface area contributed by atoms with Gasteiger partial charge in [0.15, 0.2) is 0 Å². The molecule has 0 saturated carbocycles. The van der Waals surface area contributed by atoms with Crippen molar-refractivity contribution < 1.29 is 4.79 Å². The molecule has 0 atom stereocenters. The summed E-state index contributed by atoms with van der Waals surface area (Å²) in [5.41, 5.74) is 6.15. The van der Waals surface area contributed by atoms with Crippen LogP contribution in [0.15, 0.2) is 18.2 Å². The minimum absolute atomic E-state index is 0.00757. The van der Waals surface area contributed by atoms with Crippen molar-refractivity contribution >= 4 is 29.1 Å². The number of rotatable bonds is 7. The summed E-state index contributed by atoms with van der Waals surface area (Å²) in [4.78, 5) is 12.3. The van der Waals surface area contributed by atoms with Crippen LogP contribution >= 0.6 is 23.2 Å². The van der Waals surface area contributed by atoms with Gasteiger partial charge in [-0.25, -0.2) is 0 Å². The maximum atomic E-state index is 12.3. The monoisotopic (exact) mass is 316 g/mol. The molecule has 0 radical (unpaired) electrons. The zero-order valence-corrected chi connectivity index (χ0v) is 13.5. The van der Waals surface area contributed by atoms with Gasteiger partial charge in [0.2, 0.25) is 5.91 Å². The van der Waals surface area contributed by atoms with Gasteiger partial charge in [-0.15, -0.1) is 0 Å². The van der Waals surface area contributed by atoms with E-state index in [9.17, 15) is 4.79 Å². The fourth-order valence-electron chi connectivity index (χ4n) is 2.21. The van der Waals surface area contributed by atoms with E-state index in [1.807, 2.05) is 13.8 Å². The lowest BCUT2D eigenvalue weighted by Crippen LogP contribution is -2.45. The summed E-state index contributed by atoms with van der Waals surface area (Å²) in [5, 5.41) is 4.20. The molecule has 3 N–H and O–H groups in total. The largest absolute Gasteiger partial charge is 0.355 e. The summed E-state index contributed by atoms with van der Waals surface area (Å²) in [5.74, 6) is 0.00757. The third-order valence-electron chi connectivity index (χ3n) is 3.95. The van der Waals surface area contributed by atoms with Crippen LogP contribution in [0.25, 0.3) is 0 Å². The Morgan fingerprint density at radius 3 is 2.25 bits per heavy atom. The van der Waals surface area contributed by atoms with E-state index in [2.05, 4.69) is 5.32 Å². The highest BCUT2D eigenvalue weighted by atomic mass is 35.5. The number of benzene rings is 1. The second-order valence-electron chi connectivity index (χ2n) is 4.90. The quantitative estimate of drug-likeness (QED) is 0.809. The van der Waals surface area contributed by atoms with Crippen LogP contribution in [0.1, 0.15) is 32.3 Å². The highest BCUT2D eigenvalue weighted by molar-refractivity contribution is 6.35. The summed E-state index contributed by atoms with van der Waals surface area (Å²) >= 11 is 12.2. The van der Waals surface area contributed by atoms with E-state index in [4.69, 9.17) is 28.9 Å². The van der Waals surface area contributed by atoms with Crippen molar-refractivity contribution in [2.24, 2.45) is 11.1 Å². The normalized spacial score (nSPS) is 11.4. The van der Waals surface area contributed by atoms with Gasteiger partial charge in [0, 0.05) is 23.1 Å². The number of nitrogens with one attached hydrogen (secondary N) is 1. The molecule has 0 saturated heterocycles. The van der Waals surface area contributed by atoms with Crippen molar-refractivity contribution in [3.05, 3.63) is 33.8 Å². The molecule has 0 aromatic heterocycles. The van der Waals surface area contributed by atoms with E-state index >= 15 is 0 Å². The molecule has 0 bridgehead atoms. The van der Waals surface area contributed by atoms with Crippen LogP contribution in [0.2, 0.25) is 10.0 Å². The van der Waals surface area contributed by atoms with Crippen molar-refractivity contribution in [2.45, 2.75) is 33.1 Å². The second kappa shape index (κ2) is 7.87. The number of halogens is 2. The van der Waals surface area contributed by atoms with Crippen LogP contribution in [-0.4, -0.2) is 19.0 Å². The first-order valence-corrected chi connectivity index (χ1v) is 7.67. The first kappa shape index (κ1) is 17.3. The third kappa shape index (κ3) is 3.87. The molecule has 5 heteroatoms. The predicted octanol–water partition coefficient (Wildman–Crippen LogP) is 3.42. The van der Waals surface area contributed by atoms with Gasteiger partial charge in [-0.2, -0.15) is 0 Å². The van der Waals surface area contributed by atoms with E-state index in [1.54, 1.807) is 18.2 Å². The molecule has 0 fully saturated rings. The van der Waals surface area contributed by atoms with Gasteiger partial charge in [-0.1, -0.05) is 43.1 Å². The Bertz CT molecular complexity index is 431. The minimum atomic E-state index is -0.468. The Morgan fingerprint density at radius 2 is 1.80 bits per heavy atom. The molecule has 1 rings (SSSR count). The molecule has 3 nitrogen and oxygen atoms in total. The van der Waals surface area contributed by atoms with Gasteiger partial charge < -0.3 is 11.1 Å². The molecule has 1 aromatic carbocycles. The fourth-order valence-corrected chi connectivity index (χ4v) is 2.80. The highest BCUT2D eigenvalue weighted by Crippen LogP contribution is 2.26. The average Bonchev–Trinajstić information content (AvgIpc) is 2.44. The van der Waals surface area contributed by atoms with Crippen molar-refractivity contribution in [1.29, 1.82) is 0 Å². The summed E-state index contributed by atoms with van der Waals surface area (Å²) < 4.78 is 0. The standard InChI is InChI=1S/C15H22Cl2N2O/c1-3-15(4-2,10-18)14(20)19-9-8-11-12(16)6-5-7-13(11)17/h5-7H,3-4,8-10,18H2,1-2H3,(H,19,20). The molecule has 0 aliphatic rings. The first-order valence-electron chi connectivity index (χ1n) is 6.92. The van der Waals surface area contributed by atoms with E-state index in [0.29, 0.717) is 29.6 Å². The second-order valence-corrected chi connectivity index (χ2v) is 5.71. The fraction of sp³-hybridized carbons (Fsp3) is 0.533. The van der Waals surface area contributed by atoms with Gasteiger partial charge in [0.25, 0.3) is 0 Å². The Labute approximate surface area is 130 Å². The summed E-state index contributed by atoms with van der Waals surface area (Å²) in [6.45, 7) is 4.84. The van der Waals surface area contributed by atoms with Crippen LogP contribution in [0.3, 0.4) is 0 Å². The van der Waals surface area contributed by atoms with Crippen LogP contribution < -0.4 is 11.1 Å². The number of nitrogens with two attached hydrogens (primary N) is 1. The van der Waals surface area contributed by atoms with Crippen molar-refractivity contribution in [3.63, 3.8) is 0 Å². The van der Waals surface area contributed by atoms with Crippen molar-refractivity contribution in [2.75, 3.05) is 13.1 Å². The molecule has 0 aliphatic carbocycles. The van der Waals surface area contributed by atoms with Gasteiger partial charge in [-0.05, 0) is 37.0 Å². The molecule has 20 heavy (non-hydrogen) atoms. The molecule has 1 amide bonds.